The monoisotopic (exact) mass is 214 g/mol. The molecule has 1 fully saturated rings. The first kappa shape index (κ1) is 12.0. The lowest BCUT2D eigenvalue weighted by molar-refractivity contribution is -0.164. The number of hydrogen-bond acceptors (Lipinski definition) is 2. The SMILES string of the molecule is CC1(C(=O)O)CCC(C)(C(=O)O)C1(C)C. The molecule has 2 unspecified atom stereocenters. The summed E-state index contributed by atoms with van der Waals surface area (Å²) in [5.41, 5.74) is -2.67. The molecule has 0 radical (unpaired) electrons. The zero-order valence-corrected chi connectivity index (χ0v) is 9.63. The molecule has 0 aliphatic heterocycles. The average Bonchev–Trinajstić information content (AvgIpc) is 2.28. The van der Waals surface area contributed by atoms with Crippen molar-refractivity contribution in [2.24, 2.45) is 16.2 Å². The summed E-state index contributed by atoms with van der Waals surface area (Å²) >= 11 is 0. The van der Waals surface area contributed by atoms with Crippen molar-refractivity contribution in [2.45, 2.75) is 40.5 Å². The van der Waals surface area contributed by atoms with E-state index in [9.17, 15) is 19.8 Å². The van der Waals surface area contributed by atoms with E-state index in [1.165, 1.54) is 0 Å². The molecule has 0 spiro atoms. The summed E-state index contributed by atoms with van der Waals surface area (Å²) in [6.45, 7) is 6.76. The average molecular weight is 214 g/mol. The van der Waals surface area contributed by atoms with Gasteiger partial charge in [-0.3, -0.25) is 9.59 Å². The second-order valence-electron chi connectivity index (χ2n) is 5.40. The topological polar surface area (TPSA) is 74.6 Å². The number of carbonyl (C=O) groups is 2. The van der Waals surface area contributed by atoms with Crippen molar-refractivity contribution in [3.8, 4) is 0 Å². The molecule has 0 aromatic heterocycles. The minimum absolute atomic E-state index is 0.415. The maximum atomic E-state index is 11.3. The molecule has 0 heterocycles. The van der Waals surface area contributed by atoms with E-state index in [1.54, 1.807) is 27.7 Å². The lowest BCUT2D eigenvalue weighted by Crippen LogP contribution is -2.48. The quantitative estimate of drug-likeness (QED) is 0.737. The lowest BCUT2D eigenvalue weighted by atomic mass is 9.59. The minimum atomic E-state index is -0.958. The highest BCUT2D eigenvalue weighted by Gasteiger charge is 2.65. The van der Waals surface area contributed by atoms with Gasteiger partial charge in [0.1, 0.15) is 0 Å². The summed E-state index contributed by atoms with van der Waals surface area (Å²) < 4.78 is 0. The maximum Gasteiger partial charge on any atom is 0.309 e. The molecule has 4 heteroatoms. The van der Waals surface area contributed by atoms with Crippen molar-refractivity contribution in [3.63, 3.8) is 0 Å². The molecule has 0 aromatic rings. The Hall–Kier alpha value is -1.06. The van der Waals surface area contributed by atoms with Gasteiger partial charge in [-0.2, -0.15) is 0 Å². The number of aliphatic carboxylic acids is 2. The van der Waals surface area contributed by atoms with E-state index >= 15 is 0 Å². The Morgan fingerprint density at radius 1 is 0.867 bits per heavy atom. The Bertz CT molecular complexity index is 291. The molecule has 2 N–H and O–H groups in total. The molecular weight excluding hydrogens is 196 g/mol. The molecule has 1 aliphatic carbocycles. The first-order chi connectivity index (χ1) is 6.59. The van der Waals surface area contributed by atoms with Crippen molar-refractivity contribution in [2.75, 3.05) is 0 Å². The first-order valence-electron chi connectivity index (χ1n) is 5.06. The highest BCUT2D eigenvalue weighted by molar-refractivity contribution is 5.82. The Kier molecular flexibility index (Phi) is 2.38. The van der Waals surface area contributed by atoms with Gasteiger partial charge < -0.3 is 10.2 Å². The van der Waals surface area contributed by atoms with Crippen molar-refractivity contribution < 1.29 is 19.8 Å². The Morgan fingerprint density at radius 2 is 1.13 bits per heavy atom. The smallest absolute Gasteiger partial charge is 0.309 e. The van der Waals surface area contributed by atoms with Gasteiger partial charge in [-0.1, -0.05) is 13.8 Å². The molecule has 0 bridgehead atoms. The molecule has 1 rings (SSSR count). The van der Waals surface area contributed by atoms with Crippen LogP contribution in [0.15, 0.2) is 0 Å². The third-order valence-electron chi connectivity index (χ3n) is 4.83. The first-order valence-corrected chi connectivity index (χ1v) is 5.06. The molecule has 15 heavy (non-hydrogen) atoms. The molecule has 1 aliphatic rings. The zero-order valence-electron chi connectivity index (χ0n) is 9.63. The van der Waals surface area contributed by atoms with Gasteiger partial charge in [0.2, 0.25) is 0 Å². The summed E-state index contributed by atoms with van der Waals surface area (Å²) in [6.07, 6.45) is 0.830. The van der Waals surface area contributed by atoms with E-state index in [4.69, 9.17) is 0 Å². The summed E-state index contributed by atoms with van der Waals surface area (Å²) in [5, 5.41) is 18.5. The lowest BCUT2D eigenvalue weighted by Gasteiger charge is -2.42. The van der Waals surface area contributed by atoms with Gasteiger partial charge >= 0.3 is 11.9 Å². The van der Waals surface area contributed by atoms with Crippen molar-refractivity contribution in [3.05, 3.63) is 0 Å². The van der Waals surface area contributed by atoms with Gasteiger partial charge in [-0.25, -0.2) is 0 Å². The van der Waals surface area contributed by atoms with Gasteiger partial charge in [0.25, 0.3) is 0 Å². The summed E-state index contributed by atoms with van der Waals surface area (Å²) in [5.74, 6) is -1.81. The van der Waals surface area contributed by atoms with Crippen molar-refractivity contribution in [1.29, 1.82) is 0 Å². The highest BCUT2D eigenvalue weighted by atomic mass is 16.4. The van der Waals surface area contributed by atoms with E-state index in [0.717, 1.165) is 0 Å². The van der Waals surface area contributed by atoms with E-state index in [1.807, 2.05) is 0 Å². The third-order valence-corrected chi connectivity index (χ3v) is 4.83. The summed E-state index contributed by atoms with van der Waals surface area (Å²) in [6, 6.07) is 0. The number of carboxylic acid groups (broad SMARTS) is 2. The predicted molar refractivity (Wildman–Crippen MR) is 54.5 cm³/mol. The van der Waals surface area contributed by atoms with Crippen LogP contribution in [0.4, 0.5) is 0 Å². The fraction of sp³-hybridized carbons (Fsp3) is 0.818. The van der Waals surface area contributed by atoms with E-state index < -0.39 is 28.2 Å². The van der Waals surface area contributed by atoms with Gasteiger partial charge in [0.15, 0.2) is 0 Å². The van der Waals surface area contributed by atoms with Crippen molar-refractivity contribution in [1.82, 2.24) is 0 Å². The third kappa shape index (κ3) is 1.20. The van der Waals surface area contributed by atoms with Crippen LogP contribution in [-0.2, 0) is 9.59 Å². The second-order valence-corrected chi connectivity index (χ2v) is 5.40. The highest BCUT2D eigenvalue weighted by Crippen LogP contribution is 2.62. The Morgan fingerprint density at radius 3 is 1.27 bits per heavy atom. The zero-order chi connectivity index (χ0) is 12.1. The molecular formula is C11H18O4. The fourth-order valence-electron chi connectivity index (χ4n) is 2.48. The van der Waals surface area contributed by atoms with Gasteiger partial charge in [0.05, 0.1) is 10.8 Å². The van der Waals surface area contributed by atoms with Crippen LogP contribution >= 0.6 is 0 Å². The van der Waals surface area contributed by atoms with E-state index in [2.05, 4.69) is 0 Å². The van der Waals surface area contributed by atoms with Gasteiger partial charge in [0, 0.05) is 0 Å². The Balaban J connectivity index is 3.26. The van der Waals surface area contributed by atoms with Gasteiger partial charge in [-0.05, 0) is 32.1 Å². The van der Waals surface area contributed by atoms with Gasteiger partial charge in [-0.15, -0.1) is 0 Å². The minimum Gasteiger partial charge on any atom is -0.481 e. The Labute approximate surface area is 89.3 Å². The molecule has 4 nitrogen and oxygen atoms in total. The summed E-state index contributed by atoms with van der Waals surface area (Å²) in [7, 11) is 0. The maximum absolute atomic E-state index is 11.3. The molecule has 0 aromatic carbocycles. The molecule has 2 atom stereocenters. The molecule has 1 saturated carbocycles. The van der Waals surface area contributed by atoms with Crippen molar-refractivity contribution >= 4 is 11.9 Å². The number of carboxylic acids is 2. The van der Waals surface area contributed by atoms with Crippen LogP contribution in [0.3, 0.4) is 0 Å². The van der Waals surface area contributed by atoms with Crippen LogP contribution in [0.2, 0.25) is 0 Å². The van der Waals surface area contributed by atoms with E-state index in [-0.39, 0.29) is 0 Å². The fourth-order valence-corrected chi connectivity index (χ4v) is 2.48. The van der Waals surface area contributed by atoms with Crippen LogP contribution < -0.4 is 0 Å². The molecule has 0 amide bonds. The normalized spacial score (nSPS) is 38.9. The molecule has 86 valence electrons. The van der Waals surface area contributed by atoms with Crippen LogP contribution in [0.1, 0.15) is 40.5 Å². The number of hydrogen-bond donors (Lipinski definition) is 2. The number of rotatable bonds is 2. The second kappa shape index (κ2) is 2.97. The summed E-state index contributed by atoms with van der Waals surface area (Å²) in [4.78, 5) is 22.5. The van der Waals surface area contributed by atoms with Crippen LogP contribution in [0, 0.1) is 16.2 Å². The standard InChI is InChI=1S/C11H18O4/c1-9(2)10(3,7(12)13)5-6-11(9,4)8(14)15/h5-6H2,1-4H3,(H,12,13)(H,14,15). The van der Waals surface area contributed by atoms with E-state index in [0.29, 0.717) is 12.8 Å². The van der Waals surface area contributed by atoms with Crippen LogP contribution in [-0.4, -0.2) is 22.2 Å². The predicted octanol–water partition coefficient (Wildman–Crippen LogP) is 1.99. The molecule has 0 saturated heterocycles. The largest absolute Gasteiger partial charge is 0.481 e. The van der Waals surface area contributed by atoms with Crippen LogP contribution in [0.5, 0.6) is 0 Å². The van der Waals surface area contributed by atoms with Crippen LogP contribution in [0.25, 0.3) is 0 Å².